The monoisotopic (exact) mass is 223 g/mol. The van der Waals surface area contributed by atoms with E-state index >= 15 is 0 Å². The van der Waals surface area contributed by atoms with Crippen LogP contribution in [0.25, 0.3) is 10.9 Å². The quantitative estimate of drug-likeness (QED) is 0.807. The van der Waals surface area contributed by atoms with Crippen LogP contribution in [0.3, 0.4) is 0 Å². The van der Waals surface area contributed by atoms with Gasteiger partial charge in [0, 0.05) is 17.1 Å². The van der Waals surface area contributed by atoms with E-state index in [2.05, 4.69) is 4.98 Å². The van der Waals surface area contributed by atoms with Crippen LogP contribution in [0.5, 0.6) is 5.75 Å². The summed E-state index contributed by atoms with van der Waals surface area (Å²) in [6.07, 6.45) is 0. The number of aromatic nitrogens is 1. The van der Waals surface area contributed by atoms with Crippen molar-refractivity contribution in [2.24, 2.45) is 0 Å². The molecule has 2 aromatic rings. The van der Waals surface area contributed by atoms with Gasteiger partial charge >= 0.3 is 0 Å². The van der Waals surface area contributed by atoms with Crippen LogP contribution in [0.2, 0.25) is 5.02 Å². The van der Waals surface area contributed by atoms with E-state index in [1.807, 2.05) is 6.92 Å². The third-order valence-corrected chi connectivity index (χ3v) is 2.64. The molecule has 0 radical (unpaired) electrons. The Labute approximate surface area is 91.6 Å². The summed E-state index contributed by atoms with van der Waals surface area (Å²) >= 11 is 6.09. The van der Waals surface area contributed by atoms with Crippen molar-refractivity contribution in [2.75, 3.05) is 7.11 Å². The summed E-state index contributed by atoms with van der Waals surface area (Å²) in [7, 11) is 1.54. The van der Waals surface area contributed by atoms with E-state index in [0.29, 0.717) is 21.7 Å². The molecule has 0 spiro atoms. The largest absolute Gasteiger partial charge is 0.495 e. The molecule has 3 nitrogen and oxygen atoms in total. The number of aromatic amines is 1. The van der Waals surface area contributed by atoms with E-state index in [-0.39, 0.29) is 5.43 Å². The maximum atomic E-state index is 11.6. The molecule has 0 saturated heterocycles. The molecule has 78 valence electrons. The van der Waals surface area contributed by atoms with Gasteiger partial charge in [0.15, 0.2) is 5.43 Å². The van der Waals surface area contributed by atoms with E-state index in [0.717, 1.165) is 5.69 Å². The average Bonchev–Trinajstić information content (AvgIpc) is 2.19. The number of rotatable bonds is 1. The maximum absolute atomic E-state index is 11.6. The Morgan fingerprint density at radius 1 is 1.40 bits per heavy atom. The molecule has 0 bridgehead atoms. The van der Waals surface area contributed by atoms with Crippen LogP contribution in [0, 0.1) is 6.92 Å². The highest BCUT2D eigenvalue weighted by Crippen LogP contribution is 2.29. The average molecular weight is 224 g/mol. The van der Waals surface area contributed by atoms with Gasteiger partial charge in [0.2, 0.25) is 0 Å². The Balaban J connectivity index is 2.93. The number of nitrogens with one attached hydrogen (secondary N) is 1. The molecular formula is C11H10ClNO2. The zero-order chi connectivity index (χ0) is 11.0. The molecule has 1 heterocycles. The fourth-order valence-corrected chi connectivity index (χ4v) is 1.84. The standard InChI is InChI=1S/C11H10ClNO2/c1-6-5-8(14)7-3-4-9(15-2)10(12)11(7)13-6/h3-5H,1-2H3,(H,13,14). The molecule has 15 heavy (non-hydrogen) atoms. The zero-order valence-corrected chi connectivity index (χ0v) is 9.18. The van der Waals surface area contributed by atoms with Crippen molar-refractivity contribution < 1.29 is 4.74 Å². The highest BCUT2D eigenvalue weighted by molar-refractivity contribution is 6.36. The van der Waals surface area contributed by atoms with Crippen molar-refractivity contribution in [3.8, 4) is 5.75 Å². The lowest BCUT2D eigenvalue weighted by Gasteiger charge is -2.06. The lowest BCUT2D eigenvalue weighted by molar-refractivity contribution is 0.415. The summed E-state index contributed by atoms with van der Waals surface area (Å²) < 4.78 is 5.08. The predicted molar refractivity (Wildman–Crippen MR) is 60.9 cm³/mol. The first-order valence-electron chi connectivity index (χ1n) is 4.49. The van der Waals surface area contributed by atoms with E-state index in [9.17, 15) is 4.79 Å². The van der Waals surface area contributed by atoms with Gasteiger partial charge in [-0.25, -0.2) is 0 Å². The number of methoxy groups -OCH3 is 1. The first-order chi connectivity index (χ1) is 7.13. The summed E-state index contributed by atoms with van der Waals surface area (Å²) in [5, 5.41) is 1.02. The van der Waals surface area contributed by atoms with Crippen molar-refractivity contribution in [3.05, 3.63) is 39.1 Å². The number of pyridine rings is 1. The smallest absolute Gasteiger partial charge is 0.189 e. The summed E-state index contributed by atoms with van der Waals surface area (Å²) in [5.74, 6) is 0.561. The van der Waals surface area contributed by atoms with E-state index in [4.69, 9.17) is 16.3 Å². The Kier molecular flexibility index (Phi) is 2.40. The van der Waals surface area contributed by atoms with Crippen LogP contribution in [0.15, 0.2) is 23.0 Å². The molecule has 0 aliphatic carbocycles. The Morgan fingerprint density at radius 2 is 2.13 bits per heavy atom. The summed E-state index contributed by atoms with van der Waals surface area (Å²) in [6.45, 7) is 1.82. The Hall–Kier alpha value is -1.48. The molecule has 0 saturated carbocycles. The lowest BCUT2D eigenvalue weighted by atomic mass is 10.2. The maximum Gasteiger partial charge on any atom is 0.189 e. The predicted octanol–water partition coefficient (Wildman–Crippen LogP) is 2.50. The highest BCUT2D eigenvalue weighted by atomic mass is 35.5. The fraction of sp³-hybridized carbons (Fsp3) is 0.182. The normalized spacial score (nSPS) is 10.6. The van der Waals surface area contributed by atoms with Gasteiger partial charge in [0.25, 0.3) is 0 Å². The van der Waals surface area contributed by atoms with E-state index in [1.54, 1.807) is 25.3 Å². The molecule has 1 aromatic carbocycles. The van der Waals surface area contributed by atoms with Crippen LogP contribution in [-0.4, -0.2) is 12.1 Å². The summed E-state index contributed by atoms with van der Waals surface area (Å²) in [5.41, 5.74) is 1.37. The van der Waals surface area contributed by atoms with Crippen LogP contribution in [-0.2, 0) is 0 Å². The van der Waals surface area contributed by atoms with Crippen molar-refractivity contribution in [1.29, 1.82) is 0 Å². The Bertz CT molecular complexity index is 575. The third-order valence-electron chi connectivity index (χ3n) is 2.26. The number of hydrogen-bond acceptors (Lipinski definition) is 2. The van der Waals surface area contributed by atoms with Crippen molar-refractivity contribution >= 4 is 22.5 Å². The van der Waals surface area contributed by atoms with Gasteiger partial charge in [-0.2, -0.15) is 0 Å². The number of H-pyrrole nitrogens is 1. The molecule has 2 rings (SSSR count). The molecule has 1 aromatic heterocycles. The number of fused-ring (bicyclic) bond motifs is 1. The molecule has 0 fully saturated rings. The van der Waals surface area contributed by atoms with Gasteiger partial charge < -0.3 is 9.72 Å². The van der Waals surface area contributed by atoms with Gasteiger partial charge in [-0.05, 0) is 19.1 Å². The second-order valence-corrected chi connectivity index (χ2v) is 3.70. The second-order valence-electron chi connectivity index (χ2n) is 3.32. The minimum absolute atomic E-state index is 0.0363. The molecular weight excluding hydrogens is 214 g/mol. The molecule has 0 amide bonds. The lowest BCUT2D eigenvalue weighted by Crippen LogP contribution is -2.03. The minimum atomic E-state index is -0.0363. The van der Waals surface area contributed by atoms with Gasteiger partial charge in [0.1, 0.15) is 10.8 Å². The van der Waals surface area contributed by atoms with Crippen molar-refractivity contribution in [1.82, 2.24) is 4.98 Å². The zero-order valence-electron chi connectivity index (χ0n) is 8.43. The first-order valence-corrected chi connectivity index (χ1v) is 4.87. The third kappa shape index (κ3) is 1.59. The van der Waals surface area contributed by atoms with Crippen LogP contribution < -0.4 is 10.2 Å². The number of benzene rings is 1. The topological polar surface area (TPSA) is 42.1 Å². The molecule has 1 N–H and O–H groups in total. The molecule has 4 heteroatoms. The minimum Gasteiger partial charge on any atom is -0.495 e. The van der Waals surface area contributed by atoms with Crippen LogP contribution in [0.1, 0.15) is 5.69 Å². The molecule has 0 aliphatic heterocycles. The number of halogens is 1. The molecule has 0 unspecified atom stereocenters. The Morgan fingerprint density at radius 3 is 2.80 bits per heavy atom. The van der Waals surface area contributed by atoms with Gasteiger partial charge in [-0.1, -0.05) is 11.6 Å². The van der Waals surface area contributed by atoms with Gasteiger partial charge in [-0.3, -0.25) is 4.79 Å². The highest BCUT2D eigenvalue weighted by Gasteiger charge is 2.08. The summed E-state index contributed by atoms with van der Waals surface area (Å²) in [4.78, 5) is 14.7. The number of aryl methyl sites for hydroxylation is 1. The van der Waals surface area contributed by atoms with Gasteiger partial charge in [0.05, 0.1) is 12.6 Å². The SMILES string of the molecule is COc1ccc2c(=O)cc(C)[nH]c2c1Cl. The van der Waals surface area contributed by atoms with E-state index < -0.39 is 0 Å². The first kappa shape index (κ1) is 10.1. The second kappa shape index (κ2) is 3.59. The summed E-state index contributed by atoms with van der Waals surface area (Å²) in [6, 6.07) is 4.94. The van der Waals surface area contributed by atoms with Crippen LogP contribution >= 0.6 is 11.6 Å². The number of ether oxygens (including phenoxy) is 1. The fourth-order valence-electron chi connectivity index (χ4n) is 1.55. The van der Waals surface area contributed by atoms with Gasteiger partial charge in [-0.15, -0.1) is 0 Å². The number of hydrogen-bond donors (Lipinski definition) is 1. The van der Waals surface area contributed by atoms with E-state index in [1.165, 1.54) is 0 Å². The van der Waals surface area contributed by atoms with Crippen molar-refractivity contribution in [3.63, 3.8) is 0 Å². The molecule has 0 aliphatic rings. The molecule has 0 atom stereocenters. The van der Waals surface area contributed by atoms with Crippen LogP contribution in [0.4, 0.5) is 0 Å². The van der Waals surface area contributed by atoms with Crippen molar-refractivity contribution in [2.45, 2.75) is 6.92 Å².